The van der Waals surface area contributed by atoms with E-state index in [4.69, 9.17) is 5.73 Å². The number of nitrogens with one attached hydrogen (secondary N) is 2. The number of rotatable bonds is 8. The van der Waals surface area contributed by atoms with Gasteiger partial charge in [0.2, 0.25) is 11.8 Å². The number of hydrogen-bond donors (Lipinski definition) is 4. The quantitative estimate of drug-likeness (QED) is 0.236. The van der Waals surface area contributed by atoms with Gasteiger partial charge in [-0.25, -0.2) is 0 Å². The molecule has 0 bridgehead atoms. The van der Waals surface area contributed by atoms with E-state index in [-0.39, 0.29) is 51.5 Å². The van der Waals surface area contributed by atoms with E-state index in [0.29, 0.717) is 48.1 Å². The largest absolute Gasteiger partial charge is 0.393 e. The Kier molecular flexibility index (Phi) is 9.00. The summed E-state index contributed by atoms with van der Waals surface area (Å²) in [5, 5.41) is 17.0. The third kappa shape index (κ3) is 5.27. The number of nitrogens with two attached hydrogens (primary N) is 1. The van der Waals surface area contributed by atoms with Crippen molar-refractivity contribution >= 4 is 17.7 Å². The molecule has 4 unspecified atom stereocenters. The Hall–Kier alpha value is -2.67. The normalized spacial score (nSPS) is 41.1. The van der Waals surface area contributed by atoms with E-state index in [2.05, 4.69) is 58.8 Å². The highest BCUT2D eigenvalue weighted by atomic mass is 16.3. The third-order valence-corrected chi connectivity index (χ3v) is 15.8. The van der Waals surface area contributed by atoms with Crippen molar-refractivity contribution in [1.29, 1.82) is 0 Å². The summed E-state index contributed by atoms with van der Waals surface area (Å²) in [6.07, 6.45) is 11.2. The van der Waals surface area contributed by atoms with Gasteiger partial charge in [0.05, 0.1) is 18.1 Å². The highest BCUT2D eigenvalue weighted by Gasteiger charge is 2.71. The number of aliphatic hydroxyl groups excluding tert-OH is 1. The maximum absolute atomic E-state index is 14.5. The minimum absolute atomic E-state index is 0.0545. The van der Waals surface area contributed by atoms with Crippen LogP contribution in [0.5, 0.6) is 0 Å². The number of carbonyl (C=O) groups excluding carboxylic acids is 3. The Morgan fingerprint density at radius 3 is 2.35 bits per heavy atom. The van der Waals surface area contributed by atoms with Crippen molar-refractivity contribution in [1.82, 2.24) is 10.6 Å². The molecule has 5 N–H and O–H groups in total. The molecule has 5 aliphatic rings. The van der Waals surface area contributed by atoms with Gasteiger partial charge in [0.1, 0.15) is 0 Å². The first-order chi connectivity index (χ1) is 22.5. The highest BCUT2D eigenvalue weighted by Crippen LogP contribution is 2.77. The van der Waals surface area contributed by atoms with E-state index < -0.39 is 5.91 Å². The van der Waals surface area contributed by atoms with Crippen LogP contribution in [0.25, 0.3) is 0 Å². The lowest BCUT2D eigenvalue weighted by Crippen LogP contribution is -2.67. The van der Waals surface area contributed by atoms with E-state index in [1.54, 1.807) is 6.07 Å². The second kappa shape index (κ2) is 12.3. The molecule has 0 saturated heterocycles. The van der Waals surface area contributed by atoms with Crippen LogP contribution in [0.2, 0.25) is 0 Å². The van der Waals surface area contributed by atoms with Crippen molar-refractivity contribution < 1.29 is 19.5 Å². The SMILES string of the molecule is C=C(C)[C@@H]1CC[C@]2(C(=O)NCCc3cccc(C(=O)NCC(N)=O)c3)CC[C@]3(C)C(CCC4[C@@]5(C)CC[C@H](O)C(C)(C)C5CC[C@]43C)C12. The maximum Gasteiger partial charge on any atom is 0.251 e. The molecule has 1 aromatic carbocycles. The second-order valence-electron chi connectivity index (χ2n) is 18.1. The van der Waals surface area contributed by atoms with Crippen LogP contribution in [-0.2, 0) is 16.0 Å². The van der Waals surface area contributed by atoms with E-state index in [0.717, 1.165) is 44.1 Å². The minimum Gasteiger partial charge on any atom is -0.393 e. The molecule has 7 heteroatoms. The van der Waals surface area contributed by atoms with Crippen molar-refractivity contribution in [2.75, 3.05) is 13.1 Å². The van der Waals surface area contributed by atoms with Crippen molar-refractivity contribution in [3.8, 4) is 0 Å². The van der Waals surface area contributed by atoms with Gasteiger partial charge in [-0.2, -0.15) is 0 Å². The lowest BCUT2D eigenvalue weighted by Gasteiger charge is -2.72. The first-order valence-corrected chi connectivity index (χ1v) is 18.8. The van der Waals surface area contributed by atoms with Crippen LogP contribution in [0, 0.1) is 56.7 Å². The van der Waals surface area contributed by atoms with Crippen molar-refractivity contribution in [2.45, 2.75) is 118 Å². The Morgan fingerprint density at radius 1 is 0.896 bits per heavy atom. The third-order valence-electron chi connectivity index (χ3n) is 15.8. The van der Waals surface area contributed by atoms with Gasteiger partial charge < -0.3 is 21.5 Å². The van der Waals surface area contributed by atoms with Gasteiger partial charge in [0.25, 0.3) is 5.91 Å². The van der Waals surface area contributed by atoms with E-state index in [1.807, 2.05) is 18.2 Å². The standard InChI is InChI=1S/C41H61N3O4/c1-25(2)28-13-19-41(36(48)43-22-16-26-9-8-10-27(23-26)35(47)44-24-33(42)46)21-20-39(6)29(34(28)41)11-12-31-38(5)17-15-32(45)37(3,4)30(38)14-18-40(31,39)7/h8-10,23,28-32,34,45H,1,11-22,24H2,2-7H3,(H2,42,46)(H,43,48)(H,44,47)/t28-,29?,30?,31?,32-,34?,38-,39+,40+,41-/m0/s1. The molecule has 0 aliphatic heterocycles. The molecule has 5 aliphatic carbocycles. The average molecular weight is 660 g/mol. The summed E-state index contributed by atoms with van der Waals surface area (Å²) < 4.78 is 0. The first-order valence-electron chi connectivity index (χ1n) is 18.8. The molecule has 3 amide bonds. The Labute approximate surface area is 288 Å². The monoisotopic (exact) mass is 659 g/mol. The zero-order chi connectivity index (χ0) is 34.9. The van der Waals surface area contributed by atoms with Gasteiger partial charge in [0, 0.05) is 12.1 Å². The highest BCUT2D eigenvalue weighted by molar-refractivity contribution is 5.96. The molecule has 264 valence electrons. The van der Waals surface area contributed by atoms with Gasteiger partial charge >= 0.3 is 0 Å². The molecule has 6 rings (SSSR count). The predicted molar refractivity (Wildman–Crippen MR) is 190 cm³/mol. The molecule has 0 heterocycles. The lowest BCUT2D eigenvalue weighted by atomic mass is 9.32. The zero-order valence-electron chi connectivity index (χ0n) is 30.4. The number of hydrogen-bond acceptors (Lipinski definition) is 4. The fraction of sp³-hybridized carbons (Fsp3) is 0.732. The fourth-order valence-electron chi connectivity index (χ4n) is 13.2. The van der Waals surface area contributed by atoms with Crippen LogP contribution in [0.1, 0.15) is 122 Å². The molecule has 48 heavy (non-hydrogen) atoms. The molecule has 5 saturated carbocycles. The van der Waals surface area contributed by atoms with Crippen molar-refractivity contribution in [3.63, 3.8) is 0 Å². The number of carbonyl (C=O) groups is 3. The summed E-state index contributed by atoms with van der Waals surface area (Å²) in [5.41, 5.74) is 8.03. The number of allylic oxidation sites excluding steroid dienone is 1. The van der Waals surface area contributed by atoms with Crippen LogP contribution in [-0.4, -0.2) is 42.0 Å². The van der Waals surface area contributed by atoms with Crippen LogP contribution in [0.4, 0.5) is 0 Å². The Balaban J connectivity index is 1.21. The summed E-state index contributed by atoms with van der Waals surface area (Å²) in [7, 11) is 0. The molecule has 0 spiro atoms. The molecule has 1 aromatic rings. The number of primary amides is 1. The smallest absolute Gasteiger partial charge is 0.251 e. The molecule has 10 atom stereocenters. The average Bonchev–Trinajstić information content (AvgIpc) is 3.44. The summed E-state index contributed by atoms with van der Waals surface area (Å²) >= 11 is 0. The van der Waals surface area contributed by atoms with Gasteiger partial charge in [-0.3, -0.25) is 14.4 Å². The molecular formula is C41H61N3O4. The van der Waals surface area contributed by atoms with Gasteiger partial charge in [-0.05, 0) is 146 Å². The first kappa shape index (κ1) is 35.2. The lowest BCUT2D eigenvalue weighted by molar-refractivity contribution is -0.246. The second-order valence-corrected chi connectivity index (χ2v) is 18.1. The summed E-state index contributed by atoms with van der Waals surface area (Å²) in [6, 6.07) is 7.35. The van der Waals surface area contributed by atoms with Crippen LogP contribution >= 0.6 is 0 Å². The van der Waals surface area contributed by atoms with Gasteiger partial charge in [-0.1, -0.05) is 58.9 Å². The molecule has 0 aromatic heterocycles. The van der Waals surface area contributed by atoms with Gasteiger partial charge in [0.15, 0.2) is 0 Å². The Bertz CT molecular complexity index is 1470. The molecular weight excluding hydrogens is 598 g/mol. The number of fused-ring (bicyclic) bond motifs is 7. The minimum atomic E-state index is -0.582. The van der Waals surface area contributed by atoms with Crippen LogP contribution in [0.3, 0.4) is 0 Å². The summed E-state index contributed by atoms with van der Waals surface area (Å²) in [6.45, 7) is 19.5. The summed E-state index contributed by atoms with van der Waals surface area (Å²) in [5.74, 6) is 1.63. The molecule has 0 radical (unpaired) electrons. The van der Waals surface area contributed by atoms with E-state index >= 15 is 0 Å². The maximum atomic E-state index is 14.5. The zero-order valence-corrected chi connectivity index (χ0v) is 30.4. The summed E-state index contributed by atoms with van der Waals surface area (Å²) in [4.78, 5) is 38.1. The van der Waals surface area contributed by atoms with Crippen LogP contribution in [0.15, 0.2) is 36.4 Å². The topological polar surface area (TPSA) is 122 Å². The fourth-order valence-corrected chi connectivity index (χ4v) is 13.2. The Morgan fingerprint density at radius 2 is 1.65 bits per heavy atom. The number of amides is 3. The van der Waals surface area contributed by atoms with Crippen LogP contribution < -0.4 is 16.4 Å². The number of benzene rings is 1. The van der Waals surface area contributed by atoms with Crippen molar-refractivity contribution in [3.05, 3.63) is 47.5 Å². The van der Waals surface area contributed by atoms with E-state index in [9.17, 15) is 19.5 Å². The molecule has 5 fully saturated rings. The van der Waals surface area contributed by atoms with E-state index in [1.165, 1.54) is 31.3 Å². The number of aliphatic hydroxyl groups is 1. The van der Waals surface area contributed by atoms with Crippen molar-refractivity contribution in [2.24, 2.45) is 62.4 Å². The predicted octanol–water partition coefficient (Wildman–Crippen LogP) is 6.58. The van der Waals surface area contributed by atoms with Gasteiger partial charge in [-0.15, -0.1) is 0 Å². The molecule has 7 nitrogen and oxygen atoms in total.